The molecule has 17 heavy (non-hydrogen) atoms. The molecule has 2 atom stereocenters. The molecular formula is C14H24BrNO. The van der Waals surface area contributed by atoms with Crippen LogP contribution in [0.4, 0.5) is 0 Å². The summed E-state index contributed by atoms with van der Waals surface area (Å²) in [7, 11) is 0. The van der Waals surface area contributed by atoms with Crippen molar-refractivity contribution >= 4 is 21.8 Å². The van der Waals surface area contributed by atoms with E-state index in [0.29, 0.717) is 16.8 Å². The van der Waals surface area contributed by atoms with Crippen molar-refractivity contribution in [2.24, 2.45) is 11.8 Å². The van der Waals surface area contributed by atoms with Crippen LogP contribution in [0.1, 0.15) is 58.3 Å². The molecule has 0 spiro atoms. The molecule has 1 amide bonds. The van der Waals surface area contributed by atoms with E-state index in [1.807, 2.05) is 0 Å². The fourth-order valence-electron chi connectivity index (χ4n) is 3.07. The lowest BCUT2D eigenvalue weighted by molar-refractivity contribution is -0.127. The van der Waals surface area contributed by atoms with Crippen LogP contribution >= 0.6 is 15.9 Å². The molecule has 0 heterocycles. The number of carbonyl (C=O) groups excluding carboxylic acids is 1. The summed E-state index contributed by atoms with van der Waals surface area (Å²) in [6.45, 7) is 2.30. The standard InChI is InChI=1S/C14H24BrNO/c1-10-6-8-11(9-7-10)14(17)16-13-5-3-2-4-12(13)15/h10-13H,2-9H2,1H3,(H,16,17). The van der Waals surface area contributed by atoms with Gasteiger partial charge in [-0.2, -0.15) is 0 Å². The molecule has 0 aromatic rings. The molecule has 3 heteroatoms. The maximum absolute atomic E-state index is 12.2. The van der Waals surface area contributed by atoms with Crippen molar-refractivity contribution in [3.05, 3.63) is 0 Å². The van der Waals surface area contributed by atoms with Crippen molar-refractivity contribution in [1.29, 1.82) is 0 Å². The van der Waals surface area contributed by atoms with Gasteiger partial charge in [-0.1, -0.05) is 35.7 Å². The molecule has 2 saturated carbocycles. The molecule has 2 aliphatic carbocycles. The average Bonchev–Trinajstić information content (AvgIpc) is 2.33. The first-order valence-corrected chi connectivity index (χ1v) is 8.03. The molecule has 0 radical (unpaired) electrons. The minimum absolute atomic E-state index is 0.285. The van der Waals surface area contributed by atoms with Crippen LogP contribution in [-0.2, 0) is 4.79 Å². The van der Waals surface area contributed by atoms with Gasteiger partial charge in [0.1, 0.15) is 0 Å². The van der Waals surface area contributed by atoms with Crippen LogP contribution < -0.4 is 5.32 Å². The Kier molecular flexibility index (Phi) is 4.89. The van der Waals surface area contributed by atoms with Gasteiger partial charge >= 0.3 is 0 Å². The molecule has 2 unspecified atom stereocenters. The quantitative estimate of drug-likeness (QED) is 0.775. The lowest BCUT2D eigenvalue weighted by Gasteiger charge is -2.31. The Labute approximate surface area is 113 Å². The molecular weight excluding hydrogens is 278 g/mol. The molecule has 2 nitrogen and oxygen atoms in total. The van der Waals surface area contributed by atoms with Crippen LogP contribution in [-0.4, -0.2) is 16.8 Å². The fraction of sp³-hybridized carbons (Fsp3) is 0.929. The van der Waals surface area contributed by atoms with Crippen LogP contribution in [0.3, 0.4) is 0 Å². The molecule has 2 aliphatic rings. The number of alkyl halides is 1. The van der Waals surface area contributed by atoms with Crippen LogP contribution in [0, 0.1) is 11.8 Å². The third kappa shape index (κ3) is 3.70. The number of rotatable bonds is 2. The lowest BCUT2D eigenvalue weighted by Crippen LogP contribution is -2.45. The normalized spacial score (nSPS) is 38.7. The van der Waals surface area contributed by atoms with Gasteiger partial charge in [0.05, 0.1) is 0 Å². The summed E-state index contributed by atoms with van der Waals surface area (Å²) in [5, 5.41) is 3.27. The number of hydrogen-bond donors (Lipinski definition) is 1. The van der Waals surface area contributed by atoms with E-state index in [2.05, 4.69) is 28.2 Å². The second-order valence-electron chi connectivity index (χ2n) is 5.87. The fourth-order valence-corrected chi connectivity index (χ4v) is 3.79. The summed E-state index contributed by atoms with van der Waals surface area (Å²) in [6, 6.07) is 0.371. The van der Waals surface area contributed by atoms with E-state index < -0.39 is 0 Å². The van der Waals surface area contributed by atoms with E-state index in [1.54, 1.807) is 0 Å². The van der Waals surface area contributed by atoms with E-state index in [4.69, 9.17) is 0 Å². The summed E-state index contributed by atoms with van der Waals surface area (Å²) in [5.74, 6) is 1.42. The van der Waals surface area contributed by atoms with Gasteiger partial charge in [0, 0.05) is 16.8 Å². The smallest absolute Gasteiger partial charge is 0.223 e. The van der Waals surface area contributed by atoms with E-state index >= 15 is 0 Å². The second-order valence-corrected chi connectivity index (χ2v) is 7.05. The van der Waals surface area contributed by atoms with Crippen LogP contribution in [0.15, 0.2) is 0 Å². The maximum Gasteiger partial charge on any atom is 0.223 e. The number of hydrogen-bond acceptors (Lipinski definition) is 1. The Morgan fingerprint density at radius 2 is 1.71 bits per heavy atom. The molecule has 0 aliphatic heterocycles. The predicted molar refractivity (Wildman–Crippen MR) is 74.2 cm³/mol. The molecule has 1 N–H and O–H groups in total. The highest BCUT2D eigenvalue weighted by molar-refractivity contribution is 9.09. The van der Waals surface area contributed by atoms with Gasteiger partial charge in [-0.15, -0.1) is 0 Å². The van der Waals surface area contributed by atoms with Gasteiger partial charge in [-0.05, 0) is 44.4 Å². The van der Waals surface area contributed by atoms with Crippen molar-refractivity contribution in [3.63, 3.8) is 0 Å². The topological polar surface area (TPSA) is 29.1 Å². The lowest BCUT2D eigenvalue weighted by atomic mass is 9.82. The average molecular weight is 302 g/mol. The highest BCUT2D eigenvalue weighted by atomic mass is 79.9. The zero-order valence-electron chi connectivity index (χ0n) is 10.8. The number of nitrogens with one attached hydrogen (secondary N) is 1. The molecule has 0 aromatic heterocycles. The van der Waals surface area contributed by atoms with E-state index in [1.165, 1.54) is 32.1 Å². The zero-order chi connectivity index (χ0) is 12.3. The summed E-state index contributed by atoms with van der Waals surface area (Å²) in [5.41, 5.74) is 0. The summed E-state index contributed by atoms with van der Waals surface area (Å²) < 4.78 is 0. The number of halogens is 1. The van der Waals surface area contributed by atoms with Crippen molar-refractivity contribution in [1.82, 2.24) is 5.32 Å². The first-order valence-electron chi connectivity index (χ1n) is 7.11. The SMILES string of the molecule is CC1CCC(C(=O)NC2CCCCC2Br)CC1. The van der Waals surface area contributed by atoms with E-state index in [0.717, 1.165) is 25.2 Å². The molecule has 98 valence electrons. The van der Waals surface area contributed by atoms with Crippen LogP contribution in [0.25, 0.3) is 0 Å². The maximum atomic E-state index is 12.2. The molecule has 0 bridgehead atoms. The molecule has 0 aromatic carbocycles. The van der Waals surface area contributed by atoms with Gasteiger partial charge in [-0.3, -0.25) is 4.79 Å². The molecule has 0 saturated heterocycles. The Bertz CT molecular complexity index is 261. The van der Waals surface area contributed by atoms with E-state index in [-0.39, 0.29) is 5.92 Å². The minimum Gasteiger partial charge on any atom is -0.352 e. The second kappa shape index (κ2) is 6.21. The van der Waals surface area contributed by atoms with E-state index in [9.17, 15) is 4.79 Å². The predicted octanol–water partition coefficient (Wildman–Crippen LogP) is 3.64. The number of amides is 1. The Hall–Kier alpha value is -0.0500. The Morgan fingerprint density at radius 3 is 2.35 bits per heavy atom. The summed E-state index contributed by atoms with van der Waals surface area (Å²) in [6.07, 6.45) is 9.52. The summed E-state index contributed by atoms with van der Waals surface area (Å²) in [4.78, 5) is 12.7. The minimum atomic E-state index is 0.285. The number of carbonyl (C=O) groups is 1. The highest BCUT2D eigenvalue weighted by Crippen LogP contribution is 2.30. The van der Waals surface area contributed by atoms with Gasteiger partial charge in [0.2, 0.25) is 5.91 Å². The largest absolute Gasteiger partial charge is 0.352 e. The van der Waals surface area contributed by atoms with Crippen LogP contribution in [0.5, 0.6) is 0 Å². The Morgan fingerprint density at radius 1 is 1.06 bits per heavy atom. The monoisotopic (exact) mass is 301 g/mol. The van der Waals surface area contributed by atoms with Crippen molar-refractivity contribution < 1.29 is 4.79 Å². The van der Waals surface area contributed by atoms with Crippen molar-refractivity contribution in [2.45, 2.75) is 69.2 Å². The molecule has 2 rings (SSSR count). The first kappa shape index (κ1) is 13.4. The summed E-state index contributed by atoms with van der Waals surface area (Å²) >= 11 is 3.70. The van der Waals surface area contributed by atoms with Gasteiger partial charge < -0.3 is 5.32 Å². The highest BCUT2D eigenvalue weighted by Gasteiger charge is 2.29. The van der Waals surface area contributed by atoms with Crippen molar-refractivity contribution in [3.8, 4) is 0 Å². The third-order valence-electron chi connectivity index (χ3n) is 4.40. The zero-order valence-corrected chi connectivity index (χ0v) is 12.3. The van der Waals surface area contributed by atoms with Gasteiger partial charge in [-0.25, -0.2) is 0 Å². The van der Waals surface area contributed by atoms with Crippen LogP contribution in [0.2, 0.25) is 0 Å². The van der Waals surface area contributed by atoms with Crippen molar-refractivity contribution in [2.75, 3.05) is 0 Å². The van der Waals surface area contributed by atoms with Gasteiger partial charge in [0.15, 0.2) is 0 Å². The Balaban J connectivity index is 1.79. The molecule has 2 fully saturated rings. The van der Waals surface area contributed by atoms with Gasteiger partial charge in [0.25, 0.3) is 0 Å². The third-order valence-corrected chi connectivity index (χ3v) is 5.49. The first-order chi connectivity index (χ1) is 8.16.